The van der Waals surface area contributed by atoms with Gasteiger partial charge < -0.3 is 9.47 Å². The molecule has 0 atom stereocenters. The lowest BCUT2D eigenvalue weighted by molar-refractivity contribution is -0.130. The Morgan fingerprint density at radius 3 is 2.33 bits per heavy atom. The first-order valence-electron chi connectivity index (χ1n) is 6.19. The zero-order valence-corrected chi connectivity index (χ0v) is 13.9. The Morgan fingerprint density at radius 2 is 1.81 bits per heavy atom. The highest BCUT2D eigenvalue weighted by Crippen LogP contribution is 2.29. The van der Waals surface area contributed by atoms with E-state index < -0.39 is 32.0 Å². The van der Waals surface area contributed by atoms with Crippen molar-refractivity contribution in [3.05, 3.63) is 28.0 Å². The molecular formula is C12H16Cl2FNO4S. The lowest BCUT2D eigenvalue weighted by Crippen LogP contribution is -2.35. The Balaban J connectivity index is 2.89. The van der Waals surface area contributed by atoms with Crippen molar-refractivity contribution in [2.24, 2.45) is 0 Å². The molecule has 1 aromatic carbocycles. The highest BCUT2D eigenvalue weighted by molar-refractivity contribution is 7.89. The third kappa shape index (κ3) is 5.05. The van der Waals surface area contributed by atoms with E-state index in [9.17, 15) is 12.8 Å². The maximum Gasteiger partial charge on any atom is 0.242 e. The van der Waals surface area contributed by atoms with Gasteiger partial charge in [0.25, 0.3) is 0 Å². The van der Waals surface area contributed by atoms with Gasteiger partial charge in [0, 0.05) is 13.2 Å². The van der Waals surface area contributed by atoms with Gasteiger partial charge in [-0.2, -0.15) is 0 Å². The summed E-state index contributed by atoms with van der Waals surface area (Å²) in [5.41, 5.74) is 0. The number of benzene rings is 1. The van der Waals surface area contributed by atoms with Gasteiger partial charge in [0.05, 0.1) is 16.6 Å². The number of nitrogens with one attached hydrogen (secondary N) is 1. The van der Waals surface area contributed by atoms with E-state index in [1.165, 1.54) is 0 Å². The van der Waals surface area contributed by atoms with Crippen molar-refractivity contribution in [1.82, 2.24) is 4.72 Å². The Labute approximate surface area is 133 Å². The summed E-state index contributed by atoms with van der Waals surface area (Å²) in [7, 11) is -4.00. The summed E-state index contributed by atoms with van der Waals surface area (Å²) < 4.78 is 50.5. The zero-order chi connectivity index (χ0) is 16.0. The van der Waals surface area contributed by atoms with Crippen LogP contribution in [0, 0.1) is 5.82 Å². The first-order valence-corrected chi connectivity index (χ1v) is 8.43. The summed E-state index contributed by atoms with van der Waals surface area (Å²) in [6.45, 7) is 4.12. The standard InChI is InChI=1S/C12H16Cl2FNO4S/c1-3-19-10(20-4-2)7-16-21(17,18)9-6-5-8(13)12(15)11(9)14/h5-6,10,16H,3-4,7H2,1-2H3. The van der Waals surface area contributed by atoms with Crippen LogP contribution in [0.2, 0.25) is 10.0 Å². The Kier molecular flexibility index (Phi) is 7.32. The summed E-state index contributed by atoms with van der Waals surface area (Å²) in [6.07, 6.45) is -0.731. The molecule has 0 saturated heterocycles. The van der Waals surface area contributed by atoms with Crippen molar-refractivity contribution < 1.29 is 22.3 Å². The molecule has 0 bridgehead atoms. The molecule has 0 amide bonds. The lowest BCUT2D eigenvalue weighted by Gasteiger charge is -2.17. The van der Waals surface area contributed by atoms with Crippen molar-refractivity contribution in [1.29, 1.82) is 0 Å². The number of sulfonamides is 1. The highest BCUT2D eigenvalue weighted by atomic mass is 35.5. The molecule has 0 aliphatic carbocycles. The number of ether oxygens (including phenoxy) is 2. The van der Waals surface area contributed by atoms with Crippen molar-refractivity contribution in [2.75, 3.05) is 19.8 Å². The van der Waals surface area contributed by atoms with Gasteiger partial charge in [0.2, 0.25) is 10.0 Å². The quantitative estimate of drug-likeness (QED) is 0.572. The third-order valence-corrected chi connectivity index (χ3v) is 4.67. The maximum absolute atomic E-state index is 13.6. The number of hydrogen-bond acceptors (Lipinski definition) is 4. The first-order chi connectivity index (χ1) is 9.83. The van der Waals surface area contributed by atoms with Crippen LogP contribution in [-0.2, 0) is 19.5 Å². The summed E-state index contributed by atoms with van der Waals surface area (Å²) in [5, 5.41) is -0.806. The van der Waals surface area contributed by atoms with E-state index in [-0.39, 0.29) is 11.6 Å². The Morgan fingerprint density at radius 1 is 1.24 bits per heavy atom. The van der Waals surface area contributed by atoms with Crippen LogP contribution in [0.1, 0.15) is 13.8 Å². The molecule has 0 fully saturated rings. The number of rotatable bonds is 8. The molecule has 21 heavy (non-hydrogen) atoms. The first kappa shape index (κ1) is 18.6. The number of halogens is 3. The molecule has 0 unspecified atom stereocenters. The van der Waals surface area contributed by atoms with Crippen molar-refractivity contribution >= 4 is 33.2 Å². The summed E-state index contributed by atoms with van der Waals surface area (Å²) >= 11 is 11.2. The Hall–Kier alpha value is -0.440. The fraction of sp³-hybridized carbons (Fsp3) is 0.500. The van der Waals surface area contributed by atoms with Crippen molar-refractivity contribution in [2.45, 2.75) is 25.0 Å². The summed E-state index contributed by atoms with van der Waals surface area (Å²) in [4.78, 5) is -0.391. The number of hydrogen-bond donors (Lipinski definition) is 1. The fourth-order valence-corrected chi connectivity index (χ4v) is 3.27. The van der Waals surface area contributed by atoms with Gasteiger partial charge in [-0.15, -0.1) is 0 Å². The second kappa shape index (κ2) is 8.26. The van der Waals surface area contributed by atoms with Gasteiger partial charge >= 0.3 is 0 Å². The van der Waals surface area contributed by atoms with Crippen LogP contribution >= 0.6 is 23.2 Å². The molecule has 120 valence electrons. The highest BCUT2D eigenvalue weighted by Gasteiger charge is 2.23. The minimum absolute atomic E-state index is 0.120. The third-order valence-electron chi connectivity index (χ3n) is 2.43. The van der Waals surface area contributed by atoms with Crippen LogP contribution in [0.4, 0.5) is 4.39 Å². The smallest absolute Gasteiger partial charge is 0.242 e. The lowest BCUT2D eigenvalue weighted by atomic mass is 10.3. The van der Waals surface area contributed by atoms with Gasteiger partial charge in [-0.3, -0.25) is 0 Å². The minimum atomic E-state index is -4.00. The van der Waals surface area contributed by atoms with Crippen LogP contribution in [0.3, 0.4) is 0 Å². The molecule has 9 heteroatoms. The van der Waals surface area contributed by atoms with E-state index in [0.717, 1.165) is 12.1 Å². The average Bonchev–Trinajstić information content (AvgIpc) is 2.42. The molecular weight excluding hydrogens is 344 g/mol. The maximum atomic E-state index is 13.6. The van der Waals surface area contributed by atoms with E-state index in [2.05, 4.69) is 4.72 Å². The van der Waals surface area contributed by atoms with Crippen LogP contribution in [0.25, 0.3) is 0 Å². The van der Waals surface area contributed by atoms with Crippen LogP contribution in [-0.4, -0.2) is 34.5 Å². The second-order valence-corrected chi connectivity index (χ2v) is 6.39. The van der Waals surface area contributed by atoms with E-state index in [0.29, 0.717) is 13.2 Å². The van der Waals surface area contributed by atoms with E-state index in [1.54, 1.807) is 13.8 Å². The normalized spacial score (nSPS) is 12.1. The van der Waals surface area contributed by atoms with Crippen LogP contribution in [0.5, 0.6) is 0 Å². The molecule has 0 saturated carbocycles. The SMILES string of the molecule is CCOC(CNS(=O)(=O)c1ccc(Cl)c(F)c1Cl)OCC. The molecule has 1 aromatic rings. The van der Waals surface area contributed by atoms with Gasteiger partial charge in [-0.1, -0.05) is 23.2 Å². The van der Waals surface area contributed by atoms with Gasteiger partial charge in [0.1, 0.15) is 4.90 Å². The van der Waals surface area contributed by atoms with Crippen LogP contribution in [0.15, 0.2) is 17.0 Å². The monoisotopic (exact) mass is 359 g/mol. The molecule has 0 spiro atoms. The molecule has 0 aromatic heterocycles. The molecule has 1 N–H and O–H groups in total. The average molecular weight is 360 g/mol. The van der Waals surface area contributed by atoms with Crippen molar-refractivity contribution in [3.8, 4) is 0 Å². The molecule has 1 rings (SSSR count). The molecule has 0 aliphatic rings. The zero-order valence-electron chi connectivity index (χ0n) is 11.5. The second-order valence-electron chi connectivity index (χ2n) is 3.87. The van der Waals surface area contributed by atoms with Gasteiger partial charge in [0.15, 0.2) is 12.1 Å². The molecule has 0 heterocycles. The minimum Gasteiger partial charge on any atom is -0.352 e. The van der Waals surface area contributed by atoms with E-state index >= 15 is 0 Å². The van der Waals surface area contributed by atoms with Gasteiger partial charge in [-0.05, 0) is 26.0 Å². The topological polar surface area (TPSA) is 64.6 Å². The predicted octanol–water partition coefficient (Wildman–Crippen LogP) is 2.81. The fourth-order valence-electron chi connectivity index (χ4n) is 1.51. The van der Waals surface area contributed by atoms with Crippen molar-refractivity contribution in [3.63, 3.8) is 0 Å². The summed E-state index contributed by atoms with van der Waals surface area (Å²) in [6, 6.07) is 2.26. The molecule has 5 nitrogen and oxygen atoms in total. The largest absolute Gasteiger partial charge is 0.352 e. The summed E-state index contributed by atoms with van der Waals surface area (Å²) in [5.74, 6) is -0.979. The Bertz CT molecular complexity index is 577. The van der Waals surface area contributed by atoms with Crippen LogP contribution < -0.4 is 4.72 Å². The molecule has 0 radical (unpaired) electrons. The molecule has 0 aliphatic heterocycles. The predicted molar refractivity (Wildman–Crippen MR) is 78.6 cm³/mol. The van der Waals surface area contributed by atoms with E-state index in [1.807, 2.05) is 0 Å². The van der Waals surface area contributed by atoms with Gasteiger partial charge in [-0.25, -0.2) is 17.5 Å². The van der Waals surface area contributed by atoms with E-state index in [4.69, 9.17) is 32.7 Å².